The molecular weight excluding hydrogens is 282 g/mol. The van der Waals surface area contributed by atoms with Crippen molar-refractivity contribution in [2.24, 2.45) is 12.2 Å². The third-order valence-electron chi connectivity index (χ3n) is 2.88. The Balaban J connectivity index is 2.28. The highest BCUT2D eigenvalue weighted by Gasteiger charge is 2.18. The first-order valence-electron chi connectivity index (χ1n) is 5.85. The highest BCUT2D eigenvalue weighted by Crippen LogP contribution is 2.16. The van der Waals surface area contributed by atoms with Gasteiger partial charge in [-0.05, 0) is 12.5 Å². The van der Waals surface area contributed by atoms with Crippen LogP contribution in [0.3, 0.4) is 0 Å². The number of rotatable bonds is 4. The fourth-order valence-corrected chi connectivity index (χ4v) is 2.36. The van der Waals surface area contributed by atoms with Gasteiger partial charge in [0.15, 0.2) is 0 Å². The summed E-state index contributed by atoms with van der Waals surface area (Å²) in [4.78, 5) is 12.0. The van der Waals surface area contributed by atoms with Gasteiger partial charge < -0.3 is 9.88 Å². The summed E-state index contributed by atoms with van der Waals surface area (Å²) < 4.78 is 23.9. The standard InChI is InChI=1S/C11H15N5O3S/c1-3-7-5-13-15-10(7)14-11(17)9-4-8(6-16(9)2)20(12,18)19/h4-6H,3H2,1-2H3,(H2,12,18,19)(H2,13,14,15,17). The van der Waals surface area contributed by atoms with Crippen LogP contribution in [-0.2, 0) is 23.5 Å². The number of hydrogen-bond donors (Lipinski definition) is 3. The predicted molar refractivity (Wildman–Crippen MR) is 72.7 cm³/mol. The summed E-state index contributed by atoms with van der Waals surface area (Å²) in [5, 5.41) is 14.2. The molecule has 0 atom stereocenters. The van der Waals surface area contributed by atoms with Crippen LogP contribution in [-0.4, -0.2) is 29.1 Å². The van der Waals surface area contributed by atoms with Crippen LogP contribution in [0.25, 0.3) is 0 Å². The molecule has 9 heteroatoms. The molecule has 0 aliphatic heterocycles. The summed E-state index contributed by atoms with van der Waals surface area (Å²) in [5.41, 5.74) is 1.05. The van der Waals surface area contributed by atoms with E-state index >= 15 is 0 Å². The number of nitrogens with zero attached hydrogens (tertiary/aromatic N) is 2. The fourth-order valence-electron chi connectivity index (χ4n) is 1.78. The van der Waals surface area contributed by atoms with E-state index in [1.165, 1.54) is 16.8 Å². The number of amides is 1. The van der Waals surface area contributed by atoms with Gasteiger partial charge in [-0.3, -0.25) is 9.89 Å². The van der Waals surface area contributed by atoms with Crippen molar-refractivity contribution in [1.29, 1.82) is 0 Å². The Morgan fingerprint density at radius 3 is 2.80 bits per heavy atom. The lowest BCUT2D eigenvalue weighted by atomic mass is 10.2. The van der Waals surface area contributed by atoms with Crippen molar-refractivity contribution in [3.05, 3.63) is 29.7 Å². The number of anilines is 1. The Morgan fingerprint density at radius 1 is 1.55 bits per heavy atom. The topological polar surface area (TPSA) is 123 Å². The van der Waals surface area contributed by atoms with Gasteiger partial charge in [-0.25, -0.2) is 13.6 Å². The van der Waals surface area contributed by atoms with Crippen molar-refractivity contribution in [3.63, 3.8) is 0 Å². The quantitative estimate of drug-likeness (QED) is 0.746. The van der Waals surface area contributed by atoms with Gasteiger partial charge in [0.05, 0.1) is 6.20 Å². The van der Waals surface area contributed by atoms with Crippen molar-refractivity contribution in [1.82, 2.24) is 14.8 Å². The summed E-state index contributed by atoms with van der Waals surface area (Å²) in [6, 6.07) is 1.23. The number of aromatic nitrogens is 3. The first-order chi connectivity index (χ1) is 9.32. The lowest BCUT2D eigenvalue weighted by Gasteiger charge is -2.05. The smallest absolute Gasteiger partial charge is 0.273 e. The lowest BCUT2D eigenvalue weighted by Crippen LogP contribution is -2.16. The summed E-state index contributed by atoms with van der Waals surface area (Å²) in [5.74, 6) is 0.0530. The molecule has 0 spiro atoms. The molecule has 2 heterocycles. The molecule has 0 fully saturated rings. The van der Waals surface area contributed by atoms with Gasteiger partial charge in [0, 0.05) is 18.8 Å². The third-order valence-corrected chi connectivity index (χ3v) is 3.76. The van der Waals surface area contributed by atoms with Crippen LogP contribution >= 0.6 is 0 Å². The number of nitrogens with two attached hydrogens (primary N) is 1. The number of carbonyl (C=O) groups is 1. The Labute approximate surface area is 116 Å². The van der Waals surface area contributed by atoms with Crippen molar-refractivity contribution in [3.8, 4) is 0 Å². The van der Waals surface area contributed by atoms with Crippen molar-refractivity contribution in [2.75, 3.05) is 5.32 Å². The van der Waals surface area contributed by atoms with Crippen LogP contribution in [0.15, 0.2) is 23.4 Å². The minimum atomic E-state index is -3.83. The highest BCUT2D eigenvalue weighted by atomic mass is 32.2. The predicted octanol–water partition coefficient (Wildman–Crippen LogP) is 0.210. The van der Waals surface area contributed by atoms with Crippen LogP contribution in [0.1, 0.15) is 23.0 Å². The van der Waals surface area contributed by atoms with Gasteiger partial charge in [0.2, 0.25) is 10.0 Å². The molecule has 0 aliphatic rings. The largest absolute Gasteiger partial charge is 0.345 e. The number of H-pyrrole nitrogens is 1. The average molecular weight is 297 g/mol. The maximum Gasteiger partial charge on any atom is 0.273 e. The van der Waals surface area contributed by atoms with Gasteiger partial charge in [-0.1, -0.05) is 6.92 Å². The summed E-state index contributed by atoms with van der Waals surface area (Å²) in [7, 11) is -2.27. The van der Waals surface area contributed by atoms with Crippen molar-refractivity contribution in [2.45, 2.75) is 18.2 Å². The molecule has 2 aromatic rings. The molecular formula is C11H15N5O3S. The van der Waals surface area contributed by atoms with E-state index in [9.17, 15) is 13.2 Å². The summed E-state index contributed by atoms with van der Waals surface area (Å²) in [6.07, 6.45) is 3.62. The SMILES string of the molecule is CCc1cn[nH]c1NC(=O)c1cc(S(N)(=O)=O)cn1C. The van der Waals surface area contributed by atoms with Crippen LogP contribution in [0.4, 0.5) is 5.82 Å². The number of hydrogen-bond acceptors (Lipinski definition) is 4. The highest BCUT2D eigenvalue weighted by molar-refractivity contribution is 7.89. The van der Waals surface area contributed by atoms with Crippen LogP contribution in [0, 0.1) is 0 Å². The number of nitrogens with one attached hydrogen (secondary N) is 2. The molecule has 1 amide bonds. The molecule has 0 bridgehead atoms. The van der Waals surface area contributed by atoms with Gasteiger partial charge in [0.25, 0.3) is 5.91 Å². The Kier molecular flexibility index (Phi) is 3.64. The molecule has 0 aromatic carbocycles. The van der Waals surface area contributed by atoms with E-state index in [-0.39, 0.29) is 10.6 Å². The van der Waals surface area contributed by atoms with Crippen molar-refractivity contribution >= 4 is 21.7 Å². The molecule has 0 saturated carbocycles. The van der Waals surface area contributed by atoms with E-state index in [0.717, 1.165) is 5.56 Å². The number of primary sulfonamides is 1. The number of carbonyl (C=O) groups excluding carboxylic acids is 1. The van der Waals surface area contributed by atoms with Gasteiger partial charge in [-0.2, -0.15) is 5.10 Å². The Morgan fingerprint density at radius 2 is 2.25 bits per heavy atom. The molecule has 2 rings (SSSR count). The van der Waals surface area contributed by atoms with E-state index in [4.69, 9.17) is 5.14 Å². The zero-order valence-corrected chi connectivity index (χ0v) is 11.9. The average Bonchev–Trinajstić information content (AvgIpc) is 2.94. The summed E-state index contributed by atoms with van der Waals surface area (Å²) in [6.45, 7) is 1.93. The maximum absolute atomic E-state index is 12.1. The monoisotopic (exact) mass is 297 g/mol. The number of aromatic amines is 1. The molecule has 4 N–H and O–H groups in total. The molecule has 2 aromatic heterocycles. The van der Waals surface area contributed by atoms with E-state index in [1.807, 2.05) is 6.92 Å². The van der Waals surface area contributed by atoms with Crippen molar-refractivity contribution < 1.29 is 13.2 Å². The second kappa shape index (κ2) is 5.10. The van der Waals surface area contributed by atoms with E-state index < -0.39 is 15.9 Å². The second-order valence-electron chi connectivity index (χ2n) is 4.29. The zero-order valence-electron chi connectivity index (χ0n) is 11.0. The number of sulfonamides is 1. The fraction of sp³-hybridized carbons (Fsp3) is 0.273. The van der Waals surface area contributed by atoms with E-state index in [0.29, 0.717) is 12.2 Å². The molecule has 0 saturated heterocycles. The normalized spacial score (nSPS) is 11.6. The summed E-state index contributed by atoms with van der Waals surface area (Å²) >= 11 is 0. The van der Waals surface area contributed by atoms with Gasteiger partial charge in [0.1, 0.15) is 16.4 Å². The molecule has 0 unspecified atom stereocenters. The first kappa shape index (κ1) is 14.3. The second-order valence-corrected chi connectivity index (χ2v) is 5.86. The van der Waals surface area contributed by atoms with E-state index in [1.54, 1.807) is 13.2 Å². The molecule has 0 radical (unpaired) electrons. The van der Waals surface area contributed by atoms with E-state index in [2.05, 4.69) is 15.5 Å². The number of aryl methyl sites for hydroxylation is 2. The first-order valence-corrected chi connectivity index (χ1v) is 7.40. The van der Waals surface area contributed by atoms with Crippen LogP contribution < -0.4 is 10.5 Å². The van der Waals surface area contributed by atoms with Crippen LogP contribution in [0.5, 0.6) is 0 Å². The maximum atomic E-state index is 12.1. The minimum absolute atomic E-state index is 0.106. The molecule has 0 aliphatic carbocycles. The molecule has 20 heavy (non-hydrogen) atoms. The van der Waals surface area contributed by atoms with Crippen LogP contribution in [0.2, 0.25) is 0 Å². The third kappa shape index (κ3) is 2.73. The van der Waals surface area contributed by atoms with Gasteiger partial charge >= 0.3 is 0 Å². The zero-order chi connectivity index (χ0) is 14.9. The minimum Gasteiger partial charge on any atom is -0.345 e. The molecule has 108 valence electrons. The van der Waals surface area contributed by atoms with Gasteiger partial charge in [-0.15, -0.1) is 0 Å². The lowest BCUT2D eigenvalue weighted by molar-refractivity contribution is 0.101. The Hall–Kier alpha value is -2.13. The Bertz CT molecular complexity index is 744. The molecule has 8 nitrogen and oxygen atoms in total.